The maximum atomic E-state index is 12.9. The molecular formula is C33H35F6O13S4-3. The van der Waals surface area contributed by atoms with E-state index in [9.17, 15) is 74.8 Å². The van der Waals surface area contributed by atoms with Crippen LogP contribution in [0.2, 0.25) is 0 Å². The molecule has 0 N–H and O–H groups in total. The van der Waals surface area contributed by atoms with E-state index >= 15 is 0 Å². The standard InChI is InChI=1S/C11H10F6O3S.C11H16O5S2.C11H12O5S/c1-5(2)9-7(10(12,13)14)3-6(21(18,19)20)4-8(9)11(15,16)17;1-7(2)11-8(3)5-9(18(12,13)14)6-10(11)15-16-17-4;1-7(2)11-8(5-12)3-10(17(14,15)16)4-9(11)6-13/h3-5H,1-2H3,(H,18,19,20);5-7H,1-4H3,(H,12,13,14);3-7H,1-2H3,(H,14,15,16)/p-3. The van der Waals surface area contributed by atoms with Crippen molar-refractivity contribution in [1.29, 1.82) is 0 Å². The topological polar surface area (TPSA) is 224 Å². The highest BCUT2D eigenvalue weighted by atomic mass is 32.2. The fourth-order valence-electron chi connectivity index (χ4n) is 5.30. The van der Waals surface area contributed by atoms with E-state index < -0.39 is 75.1 Å². The van der Waals surface area contributed by atoms with E-state index in [1.165, 1.54) is 12.1 Å². The molecule has 3 aromatic rings. The third kappa shape index (κ3) is 13.8. The van der Waals surface area contributed by atoms with Gasteiger partial charge in [0.15, 0.2) is 5.75 Å². The Bertz CT molecular complexity index is 2170. The molecular weight excluding hydrogens is 847 g/mol. The molecule has 0 saturated carbocycles. The molecule has 314 valence electrons. The molecule has 0 aliphatic heterocycles. The number of hydrogen-bond acceptors (Lipinski definition) is 14. The highest BCUT2D eigenvalue weighted by molar-refractivity contribution is 7.93. The Kier molecular flexibility index (Phi) is 17.3. The van der Waals surface area contributed by atoms with Crippen molar-refractivity contribution in [2.75, 3.05) is 6.26 Å². The molecule has 0 spiro atoms. The molecule has 56 heavy (non-hydrogen) atoms. The number of benzene rings is 3. The summed E-state index contributed by atoms with van der Waals surface area (Å²) in [6.45, 7) is 11.4. The highest BCUT2D eigenvalue weighted by Crippen LogP contribution is 2.44. The van der Waals surface area contributed by atoms with Gasteiger partial charge in [-0.25, -0.2) is 25.3 Å². The molecule has 3 aromatic carbocycles. The van der Waals surface area contributed by atoms with Gasteiger partial charge < -0.3 is 18.5 Å². The number of halogens is 6. The summed E-state index contributed by atoms with van der Waals surface area (Å²) in [6, 6.07) is 4.42. The van der Waals surface area contributed by atoms with Gasteiger partial charge in [0.25, 0.3) is 0 Å². The van der Waals surface area contributed by atoms with Crippen LogP contribution in [0.1, 0.15) is 113 Å². The zero-order valence-corrected chi connectivity index (χ0v) is 33.8. The first-order valence-corrected chi connectivity index (χ1v) is 20.9. The van der Waals surface area contributed by atoms with E-state index in [-0.39, 0.29) is 45.7 Å². The van der Waals surface area contributed by atoms with Crippen LogP contribution in [0.5, 0.6) is 5.75 Å². The Morgan fingerprint density at radius 2 is 0.929 bits per heavy atom. The summed E-state index contributed by atoms with van der Waals surface area (Å²) in [5.41, 5.74) is -2.59. The minimum atomic E-state index is -5.46. The summed E-state index contributed by atoms with van der Waals surface area (Å²) in [4.78, 5) is 24.3. The third-order valence-electron chi connectivity index (χ3n) is 7.35. The van der Waals surface area contributed by atoms with Crippen molar-refractivity contribution in [3.8, 4) is 5.75 Å². The van der Waals surface area contributed by atoms with Crippen molar-refractivity contribution in [3.63, 3.8) is 0 Å². The van der Waals surface area contributed by atoms with Crippen LogP contribution in [0.4, 0.5) is 26.3 Å². The Balaban J connectivity index is 0.000000423. The van der Waals surface area contributed by atoms with Crippen LogP contribution in [-0.2, 0) is 47.0 Å². The average molecular weight is 882 g/mol. The molecule has 0 aliphatic rings. The van der Waals surface area contributed by atoms with Crippen molar-refractivity contribution >= 4 is 55.0 Å². The Labute approximate surface area is 324 Å². The van der Waals surface area contributed by atoms with Crippen LogP contribution in [0.3, 0.4) is 0 Å². The smallest absolute Gasteiger partial charge is 0.416 e. The maximum Gasteiger partial charge on any atom is 0.416 e. The fraction of sp³-hybridized carbons (Fsp3) is 0.394. The highest BCUT2D eigenvalue weighted by Gasteiger charge is 2.42. The quantitative estimate of drug-likeness (QED) is 0.0449. The van der Waals surface area contributed by atoms with Crippen molar-refractivity contribution in [3.05, 3.63) is 80.9 Å². The average Bonchev–Trinajstić information content (AvgIpc) is 3.03. The van der Waals surface area contributed by atoms with Gasteiger partial charge in [-0.3, -0.25) is 9.59 Å². The molecule has 0 aromatic heterocycles. The first-order valence-electron chi connectivity index (χ1n) is 15.5. The second-order valence-corrected chi connectivity index (χ2v) is 17.1. The summed E-state index contributed by atoms with van der Waals surface area (Å²) >= 11 is 0.986. The predicted molar refractivity (Wildman–Crippen MR) is 186 cm³/mol. The maximum absolute atomic E-state index is 12.9. The largest absolute Gasteiger partial charge is 0.744 e. The van der Waals surface area contributed by atoms with Crippen molar-refractivity contribution in [2.45, 2.75) is 93.3 Å². The Hall–Kier alpha value is -3.58. The number of rotatable bonds is 11. The second-order valence-electron chi connectivity index (χ2n) is 12.5. The molecule has 0 atom stereocenters. The van der Waals surface area contributed by atoms with E-state index in [1.807, 2.05) is 13.8 Å². The zero-order valence-electron chi connectivity index (χ0n) is 30.6. The van der Waals surface area contributed by atoms with Gasteiger partial charge in [-0.05, 0) is 71.7 Å². The molecule has 0 amide bonds. The van der Waals surface area contributed by atoms with Crippen molar-refractivity contribution in [2.24, 2.45) is 0 Å². The number of aldehydes is 2. The number of carbonyl (C=O) groups excluding carboxylic acids is 2. The lowest BCUT2D eigenvalue weighted by molar-refractivity contribution is -0.144. The van der Waals surface area contributed by atoms with Crippen LogP contribution in [0, 0.1) is 6.92 Å². The van der Waals surface area contributed by atoms with Crippen LogP contribution in [0.15, 0.2) is 51.1 Å². The zero-order chi connectivity index (χ0) is 43.9. The lowest BCUT2D eigenvalue weighted by atomic mass is 9.91. The van der Waals surface area contributed by atoms with E-state index in [2.05, 4.69) is 0 Å². The van der Waals surface area contributed by atoms with Crippen molar-refractivity contribution in [1.82, 2.24) is 0 Å². The van der Waals surface area contributed by atoms with Gasteiger partial charge in [0.1, 0.15) is 42.9 Å². The van der Waals surface area contributed by atoms with Gasteiger partial charge in [0.05, 0.1) is 25.8 Å². The molecule has 0 unspecified atom stereocenters. The van der Waals surface area contributed by atoms with Gasteiger partial charge >= 0.3 is 12.4 Å². The Morgan fingerprint density at radius 3 is 1.21 bits per heavy atom. The van der Waals surface area contributed by atoms with Gasteiger partial charge in [0.2, 0.25) is 0 Å². The number of aryl methyl sites for hydroxylation is 1. The molecule has 0 bridgehead atoms. The SMILES string of the molecule is CC(C)c1c(C(F)(F)F)cc(S(=O)(=O)[O-])cc1C(F)(F)F.CC(C)c1c(C=O)cc(S(=O)(=O)[O-])cc1C=O.CSOOc1cc(S(=O)(=O)[O-])cc(C)c1C(C)C. The molecule has 23 heteroatoms. The molecule has 0 radical (unpaired) electrons. The molecule has 0 saturated heterocycles. The number of hydrogen-bond donors (Lipinski definition) is 0. The predicted octanol–water partition coefficient (Wildman–Crippen LogP) is 7.70. The lowest BCUT2D eigenvalue weighted by Gasteiger charge is -2.23. The Morgan fingerprint density at radius 1 is 0.589 bits per heavy atom. The summed E-state index contributed by atoms with van der Waals surface area (Å²) in [5.74, 6) is -0.928. The lowest BCUT2D eigenvalue weighted by Crippen LogP contribution is -2.19. The van der Waals surface area contributed by atoms with Crippen molar-refractivity contribution < 1.29 is 84.1 Å². The van der Waals surface area contributed by atoms with Gasteiger partial charge in [-0.1, -0.05) is 41.5 Å². The molecule has 0 fully saturated rings. The van der Waals surface area contributed by atoms with Crippen LogP contribution >= 0.6 is 12.0 Å². The minimum Gasteiger partial charge on any atom is -0.744 e. The second kappa shape index (κ2) is 19.2. The summed E-state index contributed by atoms with van der Waals surface area (Å²) in [5, 5.41) is 0. The van der Waals surface area contributed by atoms with Crippen LogP contribution in [-0.4, -0.2) is 57.7 Å². The van der Waals surface area contributed by atoms with Gasteiger partial charge in [-0.15, -0.1) is 4.33 Å². The first kappa shape index (κ1) is 50.4. The van der Waals surface area contributed by atoms with E-state index in [0.29, 0.717) is 23.7 Å². The van der Waals surface area contributed by atoms with Crippen LogP contribution in [0.25, 0.3) is 0 Å². The monoisotopic (exact) mass is 881 g/mol. The van der Waals surface area contributed by atoms with E-state index in [4.69, 9.17) is 9.22 Å². The summed E-state index contributed by atoms with van der Waals surface area (Å²) in [7, 11) is -14.6. The molecule has 0 heterocycles. The molecule has 13 nitrogen and oxygen atoms in total. The van der Waals surface area contributed by atoms with Crippen LogP contribution < -0.4 is 4.89 Å². The number of carbonyl (C=O) groups is 2. The molecule has 3 rings (SSSR count). The van der Waals surface area contributed by atoms with E-state index in [1.54, 1.807) is 27.0 Å². The fourth-order valence-corrected chi connectivity index (χ4v) is 7.08. The normalized spacial score (nSPS) is 12.5. The minimum absolute atomic E-state index is 0.0547. The molecule has 0 aliphatic carbocycles. The third-order valence-corrected chi connectivity index (χ3v) is 9.99. The summed E-state index contributed by atoms with van der Waals surface area (Å²) in [6.07, 6.45) is -7.90. The summed E-state index contributed by atoms with van der Waals surface area (Å²) < 4.78 is 180. The first-order chi connectivity index (χ1) is 25.2. The number of alkyl halides is 6. The van der Waals surface area contributed by atoms with Gasteiger partial charge in [0, 0.05) is 41.1 Å². The van der Waals surface area contributed by atoms with E-state index in [0.717, 1.165) is 43.6 Å². The van der Waals surface area contributed by atoms with Gasteiger partial charge in [-0.2, -0.15) is 26.3 Å².